The minimum Gasteiger partial charge on any atom is -0.326 e. The molecule has 0 radical (unpaired) electrons. The van der Waals surface area contributed by atoms with Crippen molar-refractivity contribution < 1.29 is 13.2 Å². The fraction of sp³-hybridized carbons (Fsp3) is 0.235. The number of hydrogen-bond acceptors (Lipinski definition) is 3. The molecular formula is C17H19BrN2O3S. The van der Waals surface area contributed by atoms with E-state index >= 15 is 0 Å². The van der Waals surface area contributed by atoms with Crippen molar-refractivity contribution in [3.05, 3.63) is 58.6 Å². The number of carbonyl (C=O) groups is 1. The van der Waals surface area contributed by atoms with Gasteiger partial charge in [0.25, 0.3) is 0 Å². The molecule has 2 aromatic carbocycles. The fourth-order valence-electron chi connectivity index (χ4n) is 2.26. The van der Waals surface area contributed by atoms with Crippen LogP contribution in [0.15, 0.2) is 57.9 Å². The fourth-order valence-corrected chi connectivity index (χ4v) is 3.83. The highest BCUT2D eigenvalue weighted by Gasteiger charge is 2.20. The van der Waals surface area contributed by atoms with Gasteiger partial charge in [0, 0.05) is 23.1 Å². The molecule has 1 atom stereocenters. The van der Waals surface area contributed by atoms with Crippen molar-refractivity contribution in [3.63, 3.8) is 0 Å². The molecule has 0 saturated heterocycles. The summed E-state index contributed by atoms with van der Waals surface area (Å²) in [5.74, 6) is -0.204. The second-order valence-electron chi connectivity index (χ2n) is 5.34. The van der Waals surface area contributed by atoms with Crippen molar-refractivity contribution in [1.82, 2.24) is 4.72 Å². The van der Waals surface area contributed by atoms with Gasteiger partial charge in [-0.25, -0.2) is 13.1 Å². The van der Waals surface area contributed by atoms with Gasteiger partial charge in [-0.1, -0.05) is 35.0 Å². The maximum atomic E-state index is 12.6. The van der Waals surface area contributed by atoms with E-state index in [0.29, 0.717) is 12.1 Å². The lowest BCUT2D eigenvalue weighted by atomic mass is 10.1. The predicted octanol–water partition coefficient (Wildman–Crippen LogP) is 3.84. The van der Waals surface area contributed by atoms with E-state index in [1.54, 1.807) is 12.1 Å². The normalized spacial score (nSPS) is 12.6. The molecule has 7 heteroatoms. The van der Waals surface area contributed by atoms with Crippen molar-refractivity contribution >= 4 is 37.5 Å². The summed E-state index contributed by atoms with van der Waals surface area (Å²) < 4.78 is 28.8. The molecule has 128 valence electrons. The highest BCUT2D eigenvalue weighted by atomic mass is 79.9. The average Bonchev–Trinajstić information content (AvgIpc) is 2.53. The summed E-state index contributed by atoms with van der Waals surface area (Å²) in [4.78, 5) is 11.2. The van der Waals surface area contributed by atoms with Gasteiger partial charge in [-0.05, 0) is 48.4 Å². The summed E-state index contributed by atoms with van der Waals surface area (Å²) in [5, 5.41) is 2.61. The zero-order valence-electron chi connectivity index (χ0n) is 13.4. The molecule has 2 N–H and O–H groups in total. The molecule has 0 aromatic heterocycles. The third kappa shape index (κ3) is 4.90. The number of hydrogen-bond donors (Lipinski definition) is 2. The molecule has 0 bridgehead atoms. The third-order valence-electron chi connectivity index (χ3n) is 3.46. The maximum absolute atomic E-state index is 12.6. The smallest absolute Gasteiger partial charge is 0.241 e. The van der Waals surface area contributed by atoms with Gasteiger partial charge < -0.3 is 5.32 Å². The number of halogens is 1. The number of benzene rings is 2. The monoisotopic (exact) mass is 410 g/mol. The van der Waals surface area contributed by atoms with Crippen LogP contribution in [0.4, 0.5) is 5.69 Å². The third-order valence-corrected chi connectivity index (χ3v) is 5.48. The predicted molar refractivity (Wildman–Crippen MR) is 98.2 cm³/mol. The van der Waals surface area contributed by atoms with Crippen LogP contribution < -0.4 is 10.0 Å². The standard InChI is InChI=1S/C17H19BrN2O3S/c1-3-17(13-4-6-14(18)7-5-13)20-24(22,23)16-10-8-15(9-11-16)19-12(2)21/h4-11,17,20H,3H2,1-2H3,(H,19,21). The highest BCUT2D eigenvalue weighted by molar-refractivity contribution is 9.10. The number of nitrogens with one attached hydrogen (secondary N) is 2. The Bertz CT molecular complexity index is 803. The number of rotatable bonds is 6. The molecule has 1 amide bonds. The zero-order valence-corrected chi connectivity index (χ0v) is 15.8. The first kappa shape index (κ1) is 18.6. The van der Waals surface area contributed by atoms with Crippen LogP contribution in [0.1, 0.15) is 31.9 Å². The summed E-state index contributed by atoms with van der Waals surface area (Å²) in [7, 11) is -3.65. The van der Waals surface area contributed by atoms with Crippen molar-refractivity contribution in [2.75, 3.05) is 5.32 Å². The van der Waals surface area contributed by atoms with E-state index in [4.69, 9.17) is 0 Å². The van der Waals surface area contributed by atoms with E-state index < -0.39 is 10.0 Å². The second kappa shape index (κ2) is 7.92. The molecule has 1 unspecified atom stereocenters. The topological polar surface area (TPSA) is 75.3 Å². The largest absolute Gasteiger partial charge is 0.326 e. The summed E-state index contributed by atoms with van der Waals surface area (Å²) in [6.07, 6.45) is 0.630. The number of anilines is 1. The van der Waals surface area contributed by atoms with Gasteiger partial charge >= 0.3 is 0 Å². The van der Waals surface area contributed by atoms with Gasteiger partial charge in [0.1, 0.15) is 0 Å². The van der Waals surface area contributed by atoms with Gasteiger partial charge in [-0.2, -0.15) is 0 Å². The lowest BCUT2D eigenvalue weighted by Crippen LogP contribution is -2.28. The van der Waals surface area contributed by atoms with Crippen LogP contribution in [-0.4, -0.2) is 14.3 Å². The van der Waals surface area contributed by atoms with Crippen LogP contribution in [0.2, 0.25) is 0 Å². The van der Waals surface area contributed by atoms with Crippen LogP contribution in [-0.2, 0) is 14.8 Å². The van der Waals surface area contributed by atoms with Gasteiger partial charge in [0.2, 0.25) is 15.9 Å². The Labute approximate surface area is 150 Å². The van der Waals surface area contributed by atoms with Crippen molar-refractivity contribution in [2.24, 2.45) is 0 Å². The molecule has 0 saturated carbocycles. The molecule has 0 aliphatic rings. The highest BCUT2D eigenvalue weighted by Crippen LogP contribution is 2.22. The molecule has 0 heterocycles. The van der Waals surface area contributed by atoms with Crippen molar-refractivity contribution in [2.45, 2.75) is 31.2 Å². The lowest BCUT2D eigenvalue weighted by Gasteiger charge is -2.18. The van der Waals surface area contributed by atoms with E-state index in [-0.39, 0.29) is 16.8 Å². The Morgan fingerprint density at radius 1 is 1.08 bits per heavy atom. The first-order valence-corrected chi connectivity index (χ1v) is 9.75. The lowest BCUT2D eigenvalue weighted by molar-refractivity contribution is -0.114. The van der Waals surface area contributed by atoms with E-state index in [2.05, 4.69) is 26.0 Å². The SMILES string of the molecule is CCC(NS(=O)(=O)c1ccc(NC(C)=O)cc1)c1ccc(Br)cc1. The molecular weight excluding hydrogens is 392 g/mol. The quantitative estimate of drug-likeness (QED) is 0.759. The van der Waals surface area contributed by atoms with E-state index in [9.17, 15) is 13.2 Å². The van der Waals surface area contributed by atoms with E-state index in [1.165, 1.54) is 19.1 Å². The van der Waals surface area contributed by atoms with Crippen LogP contribution in [0.3, 0.4) is 0 Å². The minimum absolute atomic E-state index is 0.159. The van der Waals surface area contributed by atoms with Crippen LogP contribution in [0, 0.1) is 0 Å². The maximum Gasteiger partial charge on any atom is 0.241 e. The second-order valence-corrected chi connectivity index (χ2v) is 7.97. The number of amides is 1. The Morgan fingerprint density at radius 3 is 2.17 bits per heavy atom. The molecule has 2 rings (SSSR count). The Hall–Kier alpha value is -1.70. The Kier molecular flexibility index (Phi) is 6.15. The molecule has 0 aliphatic heterocycles. The van der Waals surface area contributed by atoms with Gasteiger partial charge in [-0.3, -0.25) is 4.79 Å². The number of carbonyl (C=O) groups excluding carboxylic acids is 1. The van der Waals surface area contributed by atoms with Crippen LogP contribution in [0.25, 0.3) is 0 Å². The Balaban J connectivity index is 2.19. The van der Waals surface area contributed by atoms with Gasteiger partial charge in [0.15, 0.2) is 0 Å². The molecule has 5 nitrogen and oxygen atoms in total. The summed E-state index contributed by atoms with van der Waals surface area (Å²) in [6.45, 7) is 3.32. The van der Waals surface area contributed by atoms with E-state index in [0.717, 1.165) is 10.0 Å². The molecule has 0 fully saturated rings. The van der Waals surface area contributed by atoms with E-state index in [1.807, 2.05) is 31.2 Å². The summed E-state index contributed by atoms with van der Waals surface area (Å²) in [5.41, 5.74) is 1.46. The van der Waals surface area contributed by atoms with Crippen LogP contribution in [0.5, 0.6) is 0 Å². The minimum atomic E-state index is -3.65. The molecule has 2 aromatic rings. The Morgan fingerprint density at radius 2 is 1.67 bits per heavy atom. The van der Waals surface area contributed by atoms with Crippen LogP contribution >= 0.6 is 15.9 Å². The average molecular weight is 411 g/mol. The first-order chi connectivity index (χ1) is 11.3. The van der Waals surface area contributed by atoms with Gasteiger partial charge in [0.05, 0.1) is 4.90 Å². The molecule has 0 aliphatic carbocycles. The molecule has 0 spiro atoms. The number of sulfonamides is 1. The van der Waals surface area contributed by atoms with Crippen molar-refractivity contribution in [3.8, 4) is 0 Å². The van der Waals surface area contributed by atoms with Gasteiger partial charge in [-0.15, -0.1) is 0 Å². The summed E-state index contributed by atoms with van der Waals surface area (Å²) >= 11 is 3.37. The zero-order chi connectivity index (χ0) is 17.7. The van der Waals surface area contributed by atoms with Crippen molar-refractivity contribution in [1.29, 1.82) is 0 Å². The first-order valence-electron chi connectivity index (χ1n) is 7.47. The molecule has 24 heavy (non-hydrogen) atoms. The summed E-state index contributed by atoms with van der Waals surface area (Å²) in [6, 6.07) is 13.3.